The Hall–Kier alpha value is -1.22. The van der Waals surface area contributed by atoms with Crippen LogP contribution in [0.25, 0.3) is 0 Å². The maximum atomic E-state index is 5.45. The van der Waals surface area contributed by atoms with Crippen molar-refractivity contribution in [2.45, 2.75) is 39.7 Å². The van der Waals surface area contributed by atoms with Crippen LogP contribution in [0, 0.1) is 0 Å². The van der Waals surface area contributed by atoms with Crippen molar-refractivity contribution in [2.24, 2.45) is 0 Å². The normalized spacial score (nSPS) is 20.3. The Morgan fingerprint density at radius 2 is 2.17 bits per heavy atom. The highest BCUT2D eigenvalue weighted by Crippen LogP contribution is 2.26. The summed E-state index contributed by atoms with van der Waals surface area (Å²) in [6.45, 7) is 7.41. The second kappa shape index (κ2) is 7.27. The summed E-state index contributed by atoms with van der Waals surface area (Å²) < 4.78 is 10.8. The van der Waals surface area contributed by atoms with E-state index < -0.39 is 0 Å². The maximum absolute atomic E-state index is 5.45. The van der Waals surface area contributed by atoms with Gasteiger partial charge in [-0.3, -0.25) is 0 Å². The molecule has 0 saturated heterocycles. The molecule has 3 nitrogen and oxygen atoms in total. The number of methoxy groups -OCH3 is 2. The number of allylic oxidation sites excluding steroid dienone is 3. The van der Waals surface area contributed by atoms with Gasteiger partial charge < -0.3 is 14.4 Å². The molecule has 18 heavy (non-hydrogen) atoms. The third-order valence-electron chi connectivity index (χ3n) is 3.31. The van der Waals surface area contributed by atoms with Crippen molar-refractivity contribution in [3.8, 4) is 0 Å². The largest absolute Gasteiger partial charge is 0.497 e. The molecular formula is C15H25NO2. The van der Waals surface area contributed by atoms with Crippen molar-refractivity contribution in [3.63, 3.8) is 0 Å². The molecule has 1 rings (SSSR count). The second-order valence-electron chi connectivity index (χ2n) is 4.26. The zero-order valence-electron chi connectivity index (χ0n) is 12.2. The van der Waals surface area contributed by atoms with E-state index in [2.05, 4.69) is 37.8 Å². The molecule has 0 fully saturated rings. The monoisotopic (exact) mass is 251 g/mol. The molecule has 0 aliphatic heterocycles. The van der Waals surface area contributed by atoms with Crippen LogP contribution in [0.5, 0.6) is 0 Å². The van der Waals surface area contributed by atoms with Crippen molar-refractivity contribution in [1.29, 1.82) is 0 Å². The summed E-state index contributed by atoms with van der Waals surface area (Å²) in [5.41, 5.74) is 2.61. The van der Waals surface area contributed by atoms with E-state index in [1.165, 1.54) is 11.4 Å². The van der Waals surface area contributed by atoms with Gasteiger partial charge in [0.25, 0.3) is 0 Å². The summed E-state index contributed by atoms with van der Waals surface area (Å²) in [6.07, 6.45) is 8.34. The summed E-state index contributed by atoms with van der Waals surface area (Å²) in [7, 11) is 3.44. The highest BCUT2D eigenvalue weighted by Gasteiger charge is 2.20. The molecule has 0 amide bonds. The average molecular weight is 251 g/mol. The fraction of sp³-hybridized carbons (Fsp3) is 0.600. The molecule has 1 aliphatic rings. The van der Waals surface area contributed by atoms with Crippen molar-refractivity contribution in [2.75, 3.05) is 20.8 Å². The Morgan fingerprint density at radius 3 is 2.61 bits per heavy atom. The number of rotatable bonds is 6. The van der Waals surface area contributed by atoms with Crippen molar-refractivity contribution >= 4 is 0 Å². The van der Waals surface area contributed by atoms with E-state index in [9.17, 15) is 0 Å². The van der Waals surface area contributed by atoms with Gasteiger partial charge in [0, 0.05) is 31.5 Å². The molecule has 3 heteroatoms. The quantitative estimate of drug-likeness (QED) is 0.721. The first-order valence-electron chi connectivity index (χ1n) is 6.61. The highest BCUT2D eigenvalue weighted by atomic mass is 16.5. The standard InChI is InChI=1S/C15H25NO2/c1-6-12(7-2)16(8-3)13-9-14(17-4)11-15(10-13)18-5/h6,9,11,15H,7-8,10H2,1-5H3. The lowest BCUT2D eigenvalue weighted by Gasteiger charge is -2.32. The zero-order valence-corrected chi connectivity index (χ0v) is 12.2. The van der Waals surface area contributed by atoms with E-state index >= 15 is 0 Å². The van der Waals surface area contributed by atoms with Gasteiger partial charge in [0.15, 0.2) is 0 Å². The Morgan fingerprint density at radius 1 is 1.44 bits per heavy atom. The van der Waals surface area contributed by atoms with Gasteiger partial charge in [0.1, 0.15) is 5.76 Å². The van der Waals surface area contributed by atoms with Gasteiger partial charge >= 0.3 is 0 Å². The summed E-state index contributed by atoms with van der Waals surface area (Å²) in [4.78, 5) is 2.35. The molecule has 0 heterocycles. The summed E-state index contributed by atoms with van der Waals surface area (Å²) >= 11 is 0. The van der Waals surface area contributed by atoms with Gasteiger partial charge in [-0.05, 0) is 32.4 Å². The molecule has 0 aromatic heterocycles. The molecule has 1 unspecified atom stereocenters. The first kappa shape index (κ1) is 14.8. The number of hydrogen-bond acceptors (Lipinski definition) is 3. The first-order valence-corrected chi connectivity index (χ1v) is 6.61. The smallest absolute Gasteiger partial charge is 0.119 e. The Balaban J connectivity index is 2.99. The van der Waals surface area contributed by atoms with E-state index in [1.54, 1.807) is 14.2 Å². The van der Waals surface area contributed by atoms with Crippen LogP contribution in [0.3, 0.4) is 0 Å². The van der Waals surface area contributed by atoms with Crippen molar-refractivity contribution in [1.82, 2.24) is 4.90 Å². The Labute approximate surface area is 111 Å². The molecule has 0 aromatic carbocycles. The van der Waals surface area contributed by atoms with Gasteiger partial charge in [0.2, 0.25) is 0 Å². The summed E-state index contributed by atoms with van der Waals surface area (Å²) in [5, 5.41) is 0. The van der Waals surface area contributed by atoms with Crippen molar-refractivity contribution in [3.05, 3.63) is 35.4 Å². The van der Waals surface area contributed by atoms with Gasteiger partial charge in [-0.25, -0.2) is 0 Å². The van der Waals surface area contributed by atoms with Gasteiger partial charge in [-0.15, -0.1) is 0 Å². The van der Waals surface area contributed by atoms with Crippen LogP contribution in [0.15, 0.2) is 35.4 Å². The van der Waals surface area contributed by atoms with Crippen LogP contribution in [0.1, 0.15) is 33.6 Å². The fourth-order valence-corrected chi connectivity index (χ4v) is 2.33. The molecule has 0 radical (unpaired) electrons. The lowest BCUT2D eigenvalue weighted by Crippen LogP contribution is -2.27. The van der Waals surface area contributed by atoms with E-state index in [0.29, 0.717) is 0 Å². The van der Waals surface area contributed by atoms with Crippen LogP contribution >= 0.6 is 0 Å². The van der Waals surface area contributed by atoms with Crippen LogP contribution in [0.4, 0.5) is 0 Å². The number of ether oxygens (including phenoxy) is 2. The predicted octanol–water partition coefficient (Wildman–Crippen LogP) is 3.46. The first-order chi connectivity index (χ1) is 8.69. The number of hydrogen-bond donors (Lipinski definition) is 0. The van der Waals surface area contributed by atoms with E-state index in [1.807, 2.05) is 6.08 Å². The second-order valence-corrected chi connectivity index (χ2v) is 4.26. The molecule has 0 spiro atoms. The molecule has 0 N–H and O–H groups in total. The molecular weight excluding hydrogens is 226 g/mol. The molecule has 1 atom stereocenters. The van der Waals surface area contributed by atoms with E-state index in [4.69, 9.17) is 9.47 Å². The molecule has 102 valence electrons. The maximum Gasteiger partial charge on any atom is 0.119 e. The summed E-state index contributed by atoms with van der Waals surface area (Å²) in [5.74, 6) is 0.883. The lowest BCUT2D eigenvalue weighted by molar-refractivity contribution is 0.127. The topological polar surface area (TPSA) is 21.7 Å². The van der Waals surface area contributed by atoms with Gasteiger partial charge in [0.05, 0.1) is 13.2 Å². The minimum atomic E-state index is 0.101. The molecule has 0 bridgehead atoms. The molecule has 1 aliphatic carbocycles. The molecule has 0 aromatic rings. The third kappa shape index (κ3) is 3.39. The van der Waals surface area contributed by atoms with Crippen LogP contribution in [-0.4, -0.2) is 31.8 Å². The lowest BCUT2D eigenvalue weighted by atomic mass is 10.0. The number of nitrogens with zero attached hydrogens (tertiary/aromatic N) is 1. The Kier molecular flexibility index (Phi) is 5.99. The molecule has 0 saturated carbocycles. The van der Waals surface area contributed by atoms with E-state index in [-0.39, 0.29) is 6.10 Å². The summed E-state index contributed by atoms with van der Waals surface area (Å²) in [6, 6.07) is 0. The average Bonchev–Trinajstić information content (AvgIpc) is 2.43. The fourth-order valence-electron chi connectivity index (χ4n) is 2.33. The van der Waals surface area contributed by atoms with Crippen LogP contribution < -0.4 is 0 Å². The van der Waals surface area contributed by atoms with Gasteiger partial charge in [-0.1, -0.05) is 13.0 Å². The minimum Gasteiger partial charge on any atom is -0.497 e. The van der Waals surface area contributed by atoms with Crippen LogP contribution in [0.2, 0.25) is 0 Å². The Bertz CT molecular complexity index is 356. The zero-order chi connectivity index (χ0) is 13.5. The van der Waals surface area contributed by atoms with Crippen LogP contribution in [-0.2, 0) is 9.47 Å². The van der Waals surface area contributed by atoms with Gasteiger partial charge in [-0.2, -0.15) is 0 Å². The third-order valence-corrected chi connectivity index (χ3v) is 3.31. The predicted molar refractivity (Wildman–Crippen MR) is 75.0 cm³/mol. The minimum absolute atomic E-state index is 0.101. The van der Waals surface area contributed by atoms with E-state index in [0.717, 1.165) is 25.1 Å². The highest BCUT2D eigenvalue weighted by molar-refractivity contribution is 5.28. The SMILES string of the molecule is CC=C(CC)N(CC)C1=CC(OC)=CC(OC)C1. The van der Waals surface area contributed by atoms with Crippen molar-refractivity contribution < 1.29 is 9.47 Å².